The van der Waals surface area contributed by atoms with E-state index in [1.165, 1.54) is 11.1 Å². The highest BCUT2D eigenvalue weighted by molar-refractivity contribution is 9.10. The summed E-state index contributed by atoms with van der Waals surface area (Å²) in [5.41, 5.74) is 1.43. The first-order valence-corrected chi connectivity index (χ1v) is 11.1. The quantitative estimate of drug-likeness (QED) is 0.348. The molecule has 0 spiro atoms. The van der Waals surface area contributed by atoms with E-state index in [1.54, 1.807) is 12.3 Å². The fourth-order valence-corrected chi connectivity index (χ4v) is 4.23. The molecule has 1 aliphatic rings. The first-order valence-electron chi connectivity index (χ1n) is 10.3. The van der Waals surface area contributed by atoms with Crippen LogP contribution < -0.4 is 10.3 Å². The Morgan fingerprint density at radius 3 is 2.83 bits per heavy atom. The van der Waals surface area contributed by atoms with Crippen molar-refractivity contribution in [2.45, 2.75) is 38.0 Å². The molecule has 1 aliphatic carbocycles. The highest BCUT2D eigenvalue weighted by atomic mass is 79.9. The number of aromatic nitrogens is 2. The lowest BCUT2D eigenvalue weighted by Crippen LogP contribution is -2.25. The highest BCUT2D eigenvalue weighted by Crippen LogP contribution is 2.32. The van der Waals surface area contributed by atoms with Gasteiger partial charge in [-0.25, -0.2) is 4.98 Å². The van der Waals surface area contributed by atoms with Gasteiger partial charge in [-0.1, -0.05) is 60.0 Å². The topological polar surface area (TPSA) is 56.5 Å². The van der Waals surface area contributed by atoms with Crippen molar-refractivity contribution in [3.8, 4) is 5.75 Å². The molecule has 0 aliphatic heterocycles. The molecule has 0 atom stereocenters. The normalized spacial score (nSPS) is 15.0. The van der Waals surface area contributed by atoms with Crippen LogP contribution in [0.25, 0.3) is 10.9 Å². The predicted octanol–water partition coefficient (Wildman–Crippen LogP) is 5.65. The zero-order chi connectivity index (χ0) is 20.9. The molecule has 1 fully saturated rings. The number of halogens is 1. The van der Waals surface area contributed by atoms with Gasteiger partial charge in [0.25, 0.3) is 5.56 Å². The van der Waals surface area contributed by atoms with Gasteiger partial charge in [0.15, 0.2) is 0 Å². The van der Waals surface area contributed by atoms with Crippen LogP contribution in [0.1, 0.15) is 49.4 Å². The lowest BCUT2D eigenvalue weighted by Gasteiger charge is -2.22. The summed E-state index contributed by atoms with van der Waals surface area (Å²) in [6.07, 6.45) is 9.03. The molecule has 30 heavy (non-hydrogen) atoms. The van der Waals surface area contributed by atoms with Gasteiger partial charge in [0, 0.05) is 10.4 Å². The summed E-state index contributed by atoms with van der Waals surface area (Å²) in [5.74, 6) is 1.74. The fourth-order valence-electron chi connectivity index (χ4n) is 3.87. The minimum atomic E-state index is -0.141. The zero-order valence-corrected chi connectivity index (χ0v) is 18.3. The fraction of sp³-hybridized carbons (Fsp3) is 0.292. The SMILES string of the molecule is C=CCOc1cccc(C=Nn2c(C3CCCCC3)nc3ccc(Br)cc3c2=O)c1. The third-order valence-corrected chi connectivity index (χ3v) is 5.85. The van der Waals surface area contributed by atoms with Crippen molar-refractivity contribution in [3.63, 3.8) is 0 Å². The third kappa shape index (κ3) is 4.54. The molecule has 0 bridgehead atoms. The smallest absolute Gasteiger partial charge is 0.282 e. The molecular formula is C24H24BrN3O2. The van der Waals surface area contributed by atoms with Crippen molar-refractivity contribution in [3.05, 3.63) is 81.3 Å². The summed E-state index contributed by atoms with van der Waals surface area (Å²) in [7, 11) is 0. The lowest BCUT2D eigenvalue weighted by atomic mass is 9.88. The van der Waals surface area contributed by atoms with Crippen molar-refractivity contribution in [1.82, 2.24) is 9.66 Å². The molecule has 1 aromatic heterocycles. The van der Waals surface area contributed by atoms with Crippen LogP contribution in [0.5, 0.6) is 5.75 Å². The molecule has 5 nitrogen and oxygen atoms in total. The van der Waals surface area contributed by atoms with Gasteiger partial charge in [-0.05, 0) is 48.7 Å². The van der Waals surface area contributed by atoms with Crippen molar-refractivity contribution < 1.29 is 4.74 Å². The number of rotatable bonds is 6. The standard InChI is InChI=1S/C24H24BrN3O2/c1-2-13-30-20-10-6-7-17(14-20)16-26-28-23(18-8-4-3-5-9-18)27-22-12-11-19(25)15-21(22)24(28)29/h2,6-7,10-12,14-16,18H,1,3-5,8-9,13H2. The molecule has 6 heteroatoms. The minimum absolute atomic E-state index is 0.141. The number of fused-ring (bicyclic) bond motifs is 1. The number of hydrogen-bond donors (Lipinski definition) is 0. The molecule has 3 aromatic rings. The molecule has 0 unspecified atom stereocenters. The van der Waals surface area contributed by atoms with Crippen molar-refractivity contribution in [1.29, 1.82) is 0 Å². The largest absolute Gasteiger partial charge is 0.490 e. The molecule has 2 aromatic carbocycles. The summed E-state index contributed by atoms with van der Waals surface area (Å²) in [6, 6.07) is 13.2. The number of benzene rings is 2. The van der Waals surface area contributed by atoms with Crippen LogP contribution in [0.3, 0.4) is 0 Å². The maximum Gasteiger partial charge on any atom is 0.282 e. The third-order valence-electron chi connectivity index (χ3n) is 5.35. The van der Waals surface area contributed by atoms with Crippen molar-refractivity contribution >= 4 is 33.0 Å². The molecule has 1 saturated carbocycles. The Morgan fingerprint density at radius 2 is 2.03 bits per heavy atom. The van der Waals surface area contributed by atoms with Gasteiger partial charge >= 0.3 is 0 Å². The number of nitrogens with zero attached hydrogens (tertiary/aromatic N) is 3. The summed E-state index contributed by atoms with van der Waals surface area (Å²) in [6.45, 7) is 4.11. The van der Waals surface area contributed by atoms with Crippen LogP contribution in [-0.4, -0.2) is 22.5 Å². The average Bonchev–Trinajstić information content (AvgIpc) is 2.78. The van der Waals surface area contributed by atoms with Gasteiger partial charge in [0.1, 0.15) is 18.2 Å². The summed E-state index contributed by atoms with van der Waals surface area (Å²) in [5, 5.41) is 5.14. The Labute approximate surface area is 184 Å². The molecule has 4 rings (SSSR count). The molecule has 0 saturated heterocycles. The lowest BCUT2D eigenvalue weighted by molar-refractivity contribution is 0.363. The summed E-state index contributed by atoms with van der Waals surface area (Å²) >= 11 is 3.46. The monoisotopic (exact) mass is 465 g/mol. The van der Waals surface area contributed by atoms with Gasteiger partial charge in [0.05, 0.1) is 17.1 Å². The molecule has 0 N–H and O–H groups in total. The number of hydrogen-bond acceptors (Lipinski definition) is 4. The second-order valence-corrected chi connectivity index (χ2v) is 8.42. The maximum atomic E-state index is 13.3. The Hall–Kier alpha value is -2.73. The van der Waals surface area contributed by atoms with Crippen LogP contribution >= 0.6 is 15.9 Å². The van der Waals surface area contributed by atoms with Crippen molar-refractivity contribution in [2.75, 3.05) is 6.61 Å². The maximum absolute atomic E-state index is 13.3. The number of ether oxygens (including phenoxy) is 1. The molecule has 154 valence electrons. The Kier molecular flexibility index (Phi) is 6.43. The predicted molar refractivity (Wildman–Crippen MR) is 125 cm³/mol. The van der Waals surface area contributed by atoms with E-state index in [9.17, 15) is 4.79 Å². The Balaban J connectivity index is 1.78. The van der Waals surface area contributed by atoms with Crippen LogP contribution in [0.2, 0.25) is 0 Å². The first-order chi connectivity index (χ1) is 14.7. The first kappa shape index (κ1) is 20.5. The van der Waals surface area contributed by atoms with Crippen LogP contribution in [0.15, 0.2) is 69.5 Å². The molecule has 0 amide bonds. The van der Waals surface area contributed by atoms with E-state index in [1.807, 2.05) is 42.5 Å². The van der Waals surface area contributed by atoms with E-state index in [4.69, 9.17) is 9.72 Å². The van der Waals surface area contributed by atoms with E-state index in [-0.39, 0.29) is 11.5 Å². The minimum Gasteiger partial charge on any atom is -0.490 e. The second-order valence-electron chi connectivity index (χ2n) is 7.50. The van der Waals surface area contributed by atoms with E-state index >= 15 is 0 Å². The zero-order valence-electron chi connectivity index (χ0n) is 16.8. The van der Waals surface area contributed by atoms with Crippen LogP contribution in [0, 0.1) is 0 Å². The van der Waals surface area contributed by atoms with Crippen LogP contribution in [0.4, 0.5) is 0 Å². The van der Waals surface area contributed by atoms with Gasteiger partial charge in [-0.3, -0.25) is 4.79 Å². The summed E-state index contributed by atoms with van der Waals surface area (Å²) < 4.78 is 7.93. The van der Waals surface area contributed by atoms with E-state index in [2.05, 4.69) is 27.6 Å². The highest BCUT2D eigenvalue weighted by Gasteiger charge is 2.22. The Morgan fingerprint density at radius 1 is 1.20 bits per heavy atom. The molecule has 1 heterocycles. The van der Waals surface area contributed by atoms with E-state index in [0.29, 0.717) is 12.0 Å². The van der Waals surface area contributed by atoms with Gasteiger partial charge in [-0.15, -0.1) is 0 Å². The second kappa shape index (κ2) is 9.39. The van der Waals surface area contributed by atoms with E-state index in [0.717, 1.165) is 52.8 Å². The summed E-state index contributed by atoms with van der Waals surface area (Å²) in [4.78, 5) is 18.2. The van der Waals surface area contributed by atoms with Gasteiger partial charge < -0.3 is 4.74 Å². The Bertz CT molecular complexity index is 1150. The molecular weight excluding hydrogens is 442 g/mol. The molecule has 0 radical (unpaired) electrons. The van der Waals surface area contributed by atoms with Crippen molar-refractivity contribution in [2.24, 2.45) is 5.10 Å². The van der Waals surface area contributed by atoms with Gasteiger partial charge in [-0.2, -0.15) is 9.78 Å². The van der Waals surface area contributed by atoms with Crippen LogP contribution in [-0.2, 0) is 0 Å². The average molecular weight is 466 g/mol. The van der Waals surface area contributed by atoms with Gasteiger partial charge in [0.2, 0.25) is 0 Å². The van der Waals surface area contributed by atoms with E-state index < -0.39 is 0 Å².